The number of rotatable bonds is 8. The van der Waals surface area contributed by atoms with Crippen LogP contribution in [0.3, 0.4) is 0 Å². The number of aryl methyl sites for hydroxylation is 2. The smallest absolute Gasteiger partial charge is 0.230 e. The maximum atomic E-state index is 13.0. The summed E-state index contributed by atoms with van der Waals surface area (Å²) in [7, 11) is 0. The average Bonchev–Trinajstić information content (AvgIpc) is 3.04. The SMILES string of the molecule is Cc1noc(C)c1-c1cc(NC(=O)Cc2ccc(F)cn2)ccc1OCCN1CCC1. The van der Waals surface area contributed by atoms with Crippen LogP contribution in [-0.2, 0) is 11.2 Å². The van der Waals surface area contributed by atoms with Gasteiger partial charge in [0, 0.05) is 23.5 Å². The molecule has 3 heterocycles. The summed E-state index contributed by atoms with van der Waals surface area (Å²) >= 11 is 0. The van der Waals surface area contributed by atoms with E-state index in [1.165, 1.54) is 18.6 Å². The third-order valence-electron chi connectivity index (χ3n) is 5.31. The maximum Gasteiger partial charge on any atom is 0.230 e. The molecule has 4 rings (SSSR count). The largest absolute Gasteiger partial charge is 0.492 e. The number of anilines is 1. The van der Waals surface area contributed by atoms with E-state index in [9.17, 15) is 9.18 Å². The number of aromatic nitrogens is 2. The van der Waals surface area contributed by atoms with Gasteiger partial charge in [-0.25, -0.2) is 4.39 Å². The van der Waals surface area contributed by atoms with E-state index >= 15 is 0 Å². The van der Waals surface area contributed by atoms with E-state index in [0.717, 1.165) is 42.7 Å². The van der Waals surface area contributed by atoms with Gasteiger partial charge in [0.15, 0.2) is 0 Å². The number of halogens is 1. The molecule has 0 aliphatic carbocycles. The summed E-state index contributed by atoms with van der Waals surface area (Å²) in [5.41, 5.74) is 3.55. The second-order valence-electron chi connectivity index (χ2n) is 7.65. The third-order valence-corrected chi connectivity index (χ3v) is 5.31. The van der Waals surface area contributed by atoms with Crippen molar-refractivity contribution in [1.82, 2.24) is 15.0 Å². The molecule has 0 bridgehead atoms. The highest BCUT2D eigenvalue weighted by molar-refractivity contribution is 5.93. The molecule has 1 amide bonds. The Morgan fingerprint density at radius 2 is 2.10 bits per heavy atom. The fraction of sp³-hybridized carbons (Fsp3) is 0.348. The van der Waals surface area contributed by atoms with Crippen molar-refractivity contribution < 1.29 is 18.4 Å². The Bertz CT molecular complexity index is 1040. The standard InChI is InChI=1S/C23H25FN4O3/c1-15-23(16(2)31-27-15)20-12-19(6-7-21(20)30-11-10-28-8-3-9-28)26-22(29)13-18-5-4-17(24)14-25-18/h4-7,12,14H,3,8-11,13H2,1-2H3,(H,26,29). The van der Waals surface area contributed by atoms with Gasteiger partial charge in [-0.15, -0.1) is 0 Å². The number of nitrogens with zero attached hydrogens (tertiary/aromatic N) is 3. The normalized spacial score (nSPS) is 13.6. The fourth-order valence-corrected chi connectivity index (χ4v) is 3.57. The van der Waals surface area contributed by atoms with Crippen molar-refractivity contribution in [3.05, 3.63) is 59.5 Å². The molecule has 0 unspecified atom stereocenters. The summed E-state index contributed by atoms with van der Waals surface area (Å²) in [6.45, 7) is 7.43. The van der Waals surface area contributed by atoms with Crippen molar-refractivity contribution in [2.45, 2.75) is 26.7 Å². The van der Waals surface area contributed by atoms with Gasteiger partial charge in [0.1, 0.15) is 23.9 Å². The zero-order chi connectivity index (χ0) is 21.8. The monoisotopic (exact) mass is 424 g/mol. The van der Waals surface area contributed by atoms with Crippen LogP contribution in [0.25, 0.3) is 11.1 Å². The molecule has 1 aliphatic heterocycles. The van der Waals surface area contributed by atoms with Crippen molar-refractivity contribution in [1.29, 1.82) is 0 Å². The van der Waals surface area contributed by atoms with Crippen LogP contribution in [0.1, 0.15) is 23.6 Å². The first-order chi connectivity index (χ1) is 15.0. The van der Waals surface area contributed by atoms with E-state index in [4.69, 9.17) is 9.26 Å². The lowest BCUT2D eigenvalue weighted by molar-refractivity contribution is -0.115. The van der Waals surface area contributed by atoms with Crippen molar-refractivity contribution in [2.75, 3.05) is 31.6 Å². The molecule has 1 aromatic carbocycles. The Balaban J connectivity index is 1.52. The van der Waals surface area contributed by atoms with Crippen LogP contribution in [0.5, 0.6) is 5.75 Å². The summed E-state index contributed by atoms with van der Waals surface area (Å²) in [5, 5.41) is 6.93. The summed E-state index contributed by atoms with van der Waals surface area (Å²) in [6, 6.07) is 8.30. The maximum absolute atomic E-state index is 13.0. The summed E-state index contributed by atoms with van der Waals surface area (Å²) in [5.74, 6) is 0.727. The van der Waals surface area contributed by atoms with Gasteiger partial charge in [0.05, 0.1) is 23.9 Å². The van der Waals surface area contributed by atoms with E-state index in [1.807, 2.05) is 26.0 Å². The van der Waals surface area contributed by atoms with Crippen molar-refractivity contribution in [2.24, 2.45) is 0 Å². The number of carbonyl (C=O) groups is 1. The van der Waals surface area contributed by atoms with Crippen molar-refractivity contribution >= 4 is 11.6 Å². The van der Waals surface area contributed by atoms with E-state index < -0.39 is 5.82 Å². The van der Waals surface area contributed by atoms with Crippen LogP contribution in [0, 0.1) is 19.7 Å². The number of carbonyl (C=O) groups excluding carboxylic acids is 1. The summed E-state index contributed by atoms with van der Waals surface area (Å²) in [4.78, 5) is 18.7. The second-order valence-corrected chi connectivity index (χ2v) is 7.65. The molecular weight excluding hydrogens is 399 g/mol. The number of hydrogen-bond acceptors (Lipinski definition) is 6. The molecule has 7 nitrogen and oxygen atoms in total. The molecular formula is C23H25FN4O3. The number of amides is 1. The average molecular weight is 424 g/mol. The molecule has 2 aromatic heterocycles. The third kappa shape index (κ3) is 5.08. The van der Waals surface area contributed by atoms with Gasteiger partial charge in [0.2, 0.25) is 5.91 Å². The van der Waals surface area contributed by atoms with Gasteiger partial charge in [-0.2, -0.15) is 0 Å². The Labute approximate surface area is 180 Å². The lowest BCUT2D eigenvalue weighted by atomic mass is 10.0. The number of pyridine rings is 1. The Morgan fingerprint density at radius 3 is 2.74 bits per heavy atom. The van der Waals surface area contributed by atoms with Crippen LogP contribution in [0.2, 0.25) is 0 Å². The molecule has 3 aromatic rings. The minimum Gasteiger partial charge on any atom is -0.492 e. The number of benzene rings is 1. The molecule has 0 saturated carbocycles. The minimum atomic E-state index is -0.432. The van der Waals surface area contributed by atoms with Gasteiger partial charge < -0.3 is 14.6 Å². The van der Waals surface area contributed by atoms with Crippen molar-refractivity contribution in [3.8, 4) is 16.9 Å². The molecule has 0 atom stereocenters. The molecule has 1 aliphatic rings. The Hall–Kier alpha value is -3.26. The Morgan fingerprint density at radius 1 is 1.26 bits per heavy atom. The highest BCUT2D eigenvalue weighted by atomic mass is 19.1. The molecule has 1 fully saturated rings. The number of ether oxygens (including phenoxy) is 1. The molecule has 31 heavy (non-hydrogen) atoms. The molecule has 0 spiro atoms. The summed E-state index contributed by atoms with van der Waals surface area (Å²) < 4.78 is 24.4. The molecule has 162 valence electrons. The topological polar surface area (TPSA) is 80.5 Å². The Kier molecular flexibility index (Phi) is 6.27. The van der Waals surface area contributed by atoms with Crippen LogP contribution in [0.4, 0.5) is 10.1 Å². The van der Waals surface area contributed by atoms with Crippen molar-refractivity contribution in [3.63, 3.8) is 0 Å². The lowest BCUT2D eigenvalue weighted by Crippen LogP contribution is -2.39. The highest BCUT2D eigenvalue weighted by Gasteiger charge is 2.19. The van der Waals surface area contributed by atoms with Crippen LogP contribution >= 0.6 is 0 Å². The van der Waals surface area contributed by atoms with Gasteiger partial charge in [-0.05, 0) is 63.7 Å². The van der Waals surface area contributed by atoms with Gasteiger partial charge in [-0.3, -0.25) is 14.7 Å². The highest BCUT2D eigenvalue weighted by Crippen LogP contribution is 2.36. The number of likely N-dealkylation sites (tertiary alicyclic amines) is 1. The predicted molar refractivity (Wildman–Crippen MR) is 114 cm³/mol. The molecule has 1 N–H and O–H groups in total. The van der Waals surface area contributed by atoms with Crippen LogP contribution < -0.4 is 10.1 Å². The van der Waals surface area contributed by atoms with E-state index in [-0.39, 0.29) is 12.3 Å². The van der Waals surface area contributed by atoms with E-state index in [2.05, 4.69) is 20.4 Å². The first-order valence-corrected chi connectivity index (χ1v) is 10.3. The van der Waals surface area contributed by atoms with Gasteiger partial charge >= 0.3 is 0 Å². The zero-order valence-corrected chi connectivity index (χ0v) is 17.7. The number of nitrogens with one attached hydrogen (secondary N) is 1. The van der Waals surface area contributed by atoms with E-state index in [1.54, 1.807) is 6.07 Å². The summed E-state index contributed by atoms with van der Waals surface area (Å²) in [6.07, 6.45) is 2.39. The molecule has 8 heteroatoms. The quantitative estimate of drug-likeness (QED) is 0.593. The van der Waals surface area contributed by atoms with E-state index in [0.29, 0.717) is 29.5 Å². The molecule has 1 saturated heterocycles. The minimum absolute atomic E-state index is 0.0506. The van der Waals surface area contributed by atoms with Crippen LogP contribution in [-0.4, -0.2) is 47.2 Å². The lowest BCUT2D eigenvalue weighted by Gasteiger charge is -2.30. The van der Waals surface area contributed by atoms with Gasteiger partial charge in [-0.1, -0.05) is 5.16 Å². The first kappa shape index (κ1) is 21.0. The number of hydrogen-bond donors (Lipinski definition) is 1. The van der Waals surface area contributed by atoms with Crippen LogP contribution in [0.15, 0.2) is 41.1 Å². The fourth-order valence-electron chi connectivity index (χ4n) is 3.57. The zero-order valence-electron chi connectivity index (χ0n) is 17.7. The molecule has 0 radical (unpaired) electrons. The second kappa shape index (κ2) is 9.26. The van der Waals surface area contributed by atoms with Gasteiger partial charge in [0.25, 0.3) is 0 Å². The first-order valence-electron chi connectivity index (χ1n) is 10.3. The predicted octanol–water partition coefficient (Wildman–Crippen LogP) is 3.76.